The van der Waals surface area contributed by atoms with E-state index in [1.54, 1.807) is 0 Å². The average Bonchev–Trinajstić information content (AvgIpc) is 3.12. The molecule has 1 aromatic rings. The monoisotopic (exact) mass is 306 g/mol. The molecule has 116 valence electrons. The predicted octanol–water partition coefficient (Wildman–Crippen LogP) is 2.42. The molecule has 1 saturated heterocycles. The molecule has 3 aliphatic rings. The van der Waals surface area contributed by atoms with Gasteiger partial charge in [0.25, 0.3) is 0 Å². The van der Waals surface area contributed by atoms with E-state index in [4.69, 9.17) is 11.2 Å². The SMILES string of the molecule is C#CC1=C[C@@H]2O[C@H]1[C@H]1C(=O)C(c3c(C)cc(C)cc3C)C(=O)[C@H]12. The Hall–Kier alpha value is -2.18. The van der Waals surface area contributed by atoms with Crippen molar-refractivity contribution < 1.29 is 14.3 Å². The van der Waals surface area contributed by atoms with Gasteiger partial charge in [-0.3, -0.25) is 9.59 Å². The van der Waals surface area contributed by atoms with Gasteiger partial charge in [-0.05, 0) is 43.5 Å². The number of ether oxygens (including phenoxy) is 1. The van der Waals surface area contributed by atoms with Crippen molar-refractivity contribution in [3.8, 4) is 12.3 Å². The summed E-state index contributed by atoms with van der Waals surface area (Å²) in [5.74, 6) is 1.13. The highest BCUT2D eigenvalue weighted by atomic mass is 16.5. The Morgan fingerprint density at radius 1 is 1.04 bits per heavy atom. The molecule has 1 aliphatic carbocycles. The Morgan fingerprint density at radius 3 is 2.26 bits per heavy atom. The lowest BCUT2D eigenvalue weighted by molar-refractivity contribution is -0.127. The van der Waals surface area contributed by atoms with Crippen molar-refractivity contribution in [3.05, 3.63) is 46.0 Å². The van der Waals surface area contributed by atoms with E-state index in [1.165, 1.54) is 0 Å². The van der Waals surface area contributed by atoms with Gasteiger partial charge in [0.1, 0.15) is 12.0 Å². The summed E-state index contributed by atoms with van der Waals surface area (Å²) in [7, 11) is 0. The standard InChI is InChI=1S/C20H18O3/c1-5-12-8-13-15-17(20(12)23-13)19(22)16(18(15)21)14-10(3)6-9(2)7-11(14)4/h1,6-8,13,15-17,20H,2-4H3/t13-,15-,16?,17+,20+/m0/s1. The Kier molecular flexibility index (Phi) is 2.92. The van der Waals surface area contributed by atoms with Gasteiger partial charge in [-0.15, -0.1) is 6.42 Å². The van der Waals surface area contributed by atoms with Crippen LogP contribution >= 0.6 is 0 Å². The van der Waals surface area contributed by atoms with E-state index in [-0.39, 0.29) is 23.6 Å². The second kappa shape index (κ2) is 4.66. The Labute approximate surface area is 135 Å². The third-order valence-electron chi connectivity index (χ3n) is 5.44. The summed E-state index contributed by atoms with van der Waals surface area (Å²) in [6.45, 7) is 5.97. The molecule has 2 heterocycles. The molecule has 0 radical (unpaired) electrons. The zero-order chi connectivity index (χ0) is 16.5. The predicted molar refractivity (Wildman–Crippen MR) is 86.0 cm³/mol. The summed E-state index contributed by atoms with van der Waals surface area (Å²) in [4.78, 5) is 26.0. The summed E-state index contributed by atoms with van der Waals surface area (Å²) in [5.41, 5.74) is 4.75. The van der Waals surface area contributed by atoms with Crippen molar-refractivity contribution >= 4 is 11.6 Å². The lowest BCUT2D eigenvalue weighted by atomic mass is 9.81. The number of aryl methyl sites for hydroxylation is 3. The fraction of sp³-hybridized carbons (Fsp3) is 0.400. The Bertz CT molecular complexity index is 801. The topological polar surface area (TPSA) is 43.4 Å². The van der Waals surface area contributed by atoms with Gasteiger partial charge in [0, 0.05) is 5.57 Å². The van der Waals surface area contributed by atoms with Gasteiger partial charge in [-0.1, -0.05) is 23.6 Å². The van der Waals surface area contributed by atoms with E-state index >= 15 is 0 Å². The smallest absolute Gasteiger partial charge is 0.154 e. The lowest BCUT2D eigenvalue weighted by Crippen LogP contribution is -2.28. The molecule has 2 bridgehead atoms. The van der Waals surface area contributed by atoms with Gasteiger partial charge < -0.3 is 4.74 Å². The van der Waals surface area contributed by atoms with Crippen molar-refractivity contribution in [2.45, 2.75) is 38.9 Å². The van der Waals surface area contributed by atoms with Crippen LogP contribution < -0.4 is 0 Å². The van der Waals surface area contributed by atoms with Crippen molar-refractivity contribution in [1.29, 1.82) is 0 Å². The second-order valence-corrected chi connectivity index (χ2v) is 6.89. The van der Waals surface area contributed by atoms with Crippen molar-refractivity contribution in [2.24, 2.45) is 11.8 Å². The molecule has 3 nitrogen and oxygen atoms in total. The molecule has 4 rings (SSSR count). The number of hydrogen-bond donors (Lipinski definition) is 0. The first-order valence-electron chi connectivity index (χ1n) is 7.93. The van der Waals surface area contributed by atoms with Gasteiger partial charge in [0.05, 0.1) is 17.9 Å². The number of Topliss-reactive ketones (excluding diaryl/α,β-unsaturated/α-hetero) is 2. The summed E-state index contributed by atoms with van der Waals surface area (Å²) in [6, 6.07) is 4.07. The Balaban J connectivity index is 1.80. The third-order valence-corrected chi connectivity index (χ3v) is 5.44. The first-order chi connectivity index (χ1) is 10.9. The fourth-order valence-electron chi connectivity index (χ4n) is 4.66. The molecule has 3 heteroatoms. The first kappa shape index (κ1) is 14.4. The summed E-state index contributed by atoms with van der Waals surface area (Å²) in [5, 5.41) is 0. The maximum absolute atomic E-state index is 13.0. The van der Waals surface area contributed by atoms with Crippen LogP contribution in [0.5, 0.6) is 0 Å². The maximum Gasteiger partial charge on any atom is 0.154 e. The second-order valence-electron chi connectivity index (χ2n) is 6.89. The quantitative estimate of drug-likeness (QED) is 0.591. The van der Waals surface area contributed by atoms with Crippen LogP contribution in [0.25, 0.3) is 0 Å². The van der Waals surface area contributed by atoms with Crippen LogP contribution in [0.1, 0.15) is 28.2 Å². The zero-order valence-corrected chi connectivity index (χ0v) is 13.4. The molecule has 0 spiro atoms. The zero-order valence-electron chi connectivity index (χ0n) is 13.4. The number of rotatable bonds is 1. The highest BCUT2D eigenvalue weighted by Gasteiger charge is 2.63. The molecule has 23 heavy (non-hydrogen) atoms. The molecule has 1 unspecified atom stereocenters. The molecule has 1 saturated carbocycles. The van der Waals surface area contributed by atoms with Crippen molar-refractivity contribution in [3.63, 3.8) is 0 Å². The summed E-state index contributed by atoms with van der Waals surface area (Å²) in [6.07, 6.45) is 6.61. The number of terminal acetylenes is 1. The van der Waals surface area contributed by atoms with Crippen LogP contribution in [0.4, 0.5) is 0 Å². The van der Waals surface area contributed by atoms with E-state index < -0.39 is 17.9 Å². The number of carbonyl (C=O) groups excluding carboxylic acids is 2. The fourth-order valence-corrected chi connectivity index (χ4v) is 4.66. The van der Waals surface area contributed by atoms with Gasteiger partial charge in [0.2, 0.25) is 0 Å². The largest absolute Gasteiger partial charge is 0.364 e. The van der Waals surface area contributed by atoms with Gasteiger partial charge in [0.15, 0.2) is 11.6 Å². The number of hydrogen-bond acceptors (Lipinski definition) is 3. The number of fused-ring (bicyclic) bond motifs is 5. The van der Waals surface area contributed by atoms with E-state index in [0.29, 0.717) is 0 Å². The van der Waals surface area contributed by atoms with Gasteiger partial charge in [-0.25, -0.2) is 0 Å². The van der Waals surface area contributed by atoms with Crippen LogP contribution in [0.3, 0.4) is 0 Å². The first-order valence-corrected chi connectivity index (χ1v) is 7.93. The lowest BCUT2D eigenvalue weighted by Gasteiger charge is -2.18. The Morgan fingerprint density at radius 2 is 1.65 bits per heavy atom. The molecule has 0 aromatic heterocycles. The number of ketones is 2. The molecule has 0 N–H and O–H groups in total. The van der Waals surface area contributed by atoms with E-state index in [1.807, 2.05) is 39.0 Å². The average molecular weight is 306 g/mol. The van der Waals surface area contributed by atoms with Crippen molar-refractivity contribution in [2.75, 3.05) is 0 Å². The molecule has 2 fully saturated rings. The van der Waals surface area contributed by atoms with Crippen LogP contribution in [0, 0.1) is 45.0 Å². The van der Waals surface area contributed by atoms with E-state index in [2.05, 4.69) is 5.92 Å². The highest BCUT2D eigenvalue weighted by Crippen LogP contribution is 2.52. The third kappa shape index (κ3) is 1.76. The minimum atomic E-state index is -0.662. The maximum atomic E-state index is 13.0. The molecule has 1 aromatic carbocycles. The number of carbonyl (C=O) groups is 2. The van der Waals surface area contributed by atoms with E-state index in [9.17, 15) is 9.59 Å². The molecule has 2 aliphatic heterocycles. The van der Waals surface area contributed by atoms with Gasteiger partial charge in [-0.2, -0.15) is 0 Å². The van der Waals surface area contributed by atoms with Crippen LogP contribution in [-0.2, 0) is 14.3 Å². The minimum absolute atomic E-state index is 0.00475. The van der Waals surface area contributed by atoms with Crippen molar-refractivity contribution in [1.82, 2.24) is 0 Å². The van der Waals surface area contributed by atoms with Crippen LogP contribution in [0.2, 0.25) is 0 Å². The van der Waals surface area contributed by atoms with Crippen LogP contribution in [0.15, 0.2) is 23.8 Å². The summed E-state index contributed by atoms with van der Waals surface area (Å²) < 4.78 is 5.77. The normalized spacial score (nSPS) is 34.5. The minimum Gasteiger partial charge on any atom is -0.364 e. The summed E-state index contributed by atoms with van der Waals surface area (Å²) >= 11 is 0. The molecule has 5 atom stereocenters. The molecular weight excluding hydrogens is 288 g/mol. The molecular formula is C20H18O3. The van der Waals surface area contributed by atoms with E-state index in [0.717, 1.165) is 27.8 Å². The highest BCUT2D eigenvalue weighted by molar-refractivity contribution is 6.17. The number of benzene rings is 1. The van der Waals surface area contributed by atoms with Gasteiger partial charge >= 0.3 is 0 Å². The van der Waals surface area contributed by atoms with Crippen LogP contribution in [-0.4, -0.2) is 23.8 Å². The molecule has 0 amide bonds.